The molecule has 0 aliphatic rings. The van der Waals surface area contributed by atoms with Crippen LogP contribution in [0.15, 0.2) is 29.1 Å². The van der Waals surface area contributed by atoms with Crippen LogP contribution in [0.4, 0.5) is 0 Å². The highest BCUT2D eigenvalue weighted by Gasteiger charge is 2.11. The number of methoxy groups -OCH3 is 1. The lowest BCUT2D eigenvalue weighted by Crippen LogP contribution is -2.25. The first-order chi connectivity index (χ1) is 10.7. The van der Waals surface area contributed by atoms with Crippen molar-refractivity contribution in [2.45, 2.75) is 13.0 Å². The van der Waals surface area contributed by atoms with Gasteiger partial charge < -0.3 is 19.9 Å². The summed E-state index contributed by atoms with van der Waals surface area (Å²) in [6.45, 7) is 0.828. The van der Waals surface area contributed by atoms with Crippen LogP contribution in [0, 0.1) is 0 Å². The van der Waals surface area contributed by atoms with Crippen molar-refractivity contribution in [1.29, 1.82) is 0 Å². The lowest BCUT2D eigenvalue weighted by molar-refractivity contribution is 0.0950. The Balaban J connectivity index is 2.01. The van der Waals surface area contributed by atoms with E-state index in [9.17, 15) is 4.79 Å². The molecule has 2 aromatic rings. The van der Waals surface area contributed by atoms with Crippen molar-refractivity contribution in [3.63, 3.8) is 0 Å². The van der Waals surface area contributed by atoms with Gasteiger partial charge in [0.25, 0.3) is 5.91 Å². The predicted octanol–water partition coefficient (Wildman–Crippen LogP) is 1.84. The lowest BCUT2D eigenvalue weighted by Gasteiger charge is -2.11. The summed E-state index contributed by atoms with van der Waals surface area (Å²) in [7, 11) is 1.53. The van der Waals surface area contributed by atoms with Gasteiger partial charge in [-0.1, -0.05) is 0 Å². The van der Waals surface area contributed by atoms with Crippen LogP contribution in [0.1, 0.15) is 22.5 Å². The Morgan fingerprint density at radius 3 is 2.95 bits per heavy atom. The number of ether oxygens (including phenoxy) is 2. The molecule has 1 amide bonds. The Kier molecular flexibility index (Phi) is 6.17. The number of amides is 1. The van der Waals surface area contributed by atoms with Gasteiger partial charge in [-0.25, -0.2) is 4.98 Å². The number of nitrogens with one attached hydrogen (secondary N) is 1. The maximum absolute atomic E-state index is 11.9. The average Bonchev–Trinajstić information content (AvgIpc) is 3.06. The van der Waals surface area contributed by atoms with E-state index in [2.05, 4.69) is 10.3 Å². The Hall–Kier alpha value is -2.12. The van der Waals surface area contributed by atoms with Gasteiger partial charge in [0.1, 0.15) is 6.61 Å². The number of thiazole rings is 1. The van der Waals surface area contributed by atoms with E-state index < -0.39 is 0 Å². The van der Waals surface area contributed by atoms with Crippen LogP contribution in [0.25, 0.3) is 0 Å². The Bertz CT molecular complexity index is 602. The van der Waals surface area contributed by atoms with Gasteiger partial charge in [0.05, 0.1) is 18.3 Å². The van der Waals surface area contributed by atoms with Crippen LogP contribution in [0.3, 0.4) is 0 Å². The van der Waals surface area contributed by atoms with Crippen molar-refractivity contribution in [3.8, 4) is 11.5 Å². The van der Waals surface area contributed by atoms with Crippen molar-refractivity contribution in [1.82, 2.24) is 10.3 Å². The summed E-state index contributed by atoms with van der Waals surface area (Å²) in [6.07, 6.45) is 0.526. The number of hydrogen-bond acceptors (Lipinski definition) is 6. The second-order valence-corrected chi connectivity index (χ2v) is 5.19. The zero-order valence-corrected chi connectivity index (χ0v) is 13.1. The van der Waals surface area contributed by atoms with Crippen molar-refractivity contribution in [3.05, 3.63) is 40.3 Å². The van der Waals surface area contributed by atoms with Crippen molar-refractivity contribution < 1.29 is 19.4 Å². The summed E-state index contributed by atoms with van der Waals surface area (Å²) in [6, 6.07) is 5.00. The summed E-state index contributed by atoms with van der Waals surface area (Å²) in [4.78, 5) is 16.1. The number of carbonyl (C=O) groups is 1. The molecule has 0 atom stereocenters. The lowest BCUT2D eigenvalue weighted by atomic mass is 10.2. The summed E-state index contributed by atoms with van der Waals surface area (Å²) in [5.41, 5.74) is 3.07. The molecule has 0 unspecified atom stereocenters. The number of aliphatic hydroxyl groups is 1. The Morgan fingerprint density at radius 2 is 2.27 bits per heavy atom. The fraction of sp³-hybridized carbons (Fsp3) is 0.333. The number of benzene rings is 1. The SMILES string of the molecule is COc1cc(C(=O)NCCCO)ccc1OCc1cscn1. The van der Waals surface area contributed by atoms with Gasteiger partial charge in [-0.3, -0.25) is 4.79 Å². The third-order valence-corrected chi connectivity index (χ3v) is 3.54. The molecule has 0 saturated carbocycles. The van der Waals surface area contributed by atoms with E-state index in [1.807, 2.05) is 5.38 Å². The molecule has 0 aliphatic heterocycles. The molecule has 2 rings (SSSR count). The summed E-state index contributed by atoms with van der Waals surface area (Å²) in [5, 5.41) is 13.3. The van der Waals surface area contributed by atoms with Crippen LogP contribution >= 0.6 is 11.3 Å². The minimum absolute atomic E-state index is 0.0486. The molecule has 118 valence electrons. The van der Waals surface area contributed by atoms with Crippen molar-refractivity contribution in [2.24, 2.45) is 0 Å². The molecule has 2 N–H and O–H groups in total. The number of carbonyl (C=O) groups excluding carboxylic acids is 1. The van der Waals surface area contributed by atoms with Crippen LogP contribution < -0.4 is 14.8 Å². The fourth-order valence-corrected chi connectivity index (χ4v) is 2.31. The number of nitrogens with zero attached hydrogens (tertiary/aromatic N) is 1. The van der Waals surface area contributed by atoms with Gasteiger partial charge >= 0.3 is 0 Å². The van der Waals surface area contributed by atoms with E-state index >= 15 is 0 Å². The van der Waals surface area contributed by atoms with Crippen LogP contribution in [0.5, 0.6) is 11.5 Å². The van der Waals surface area contributed by atoms with Gasteiger partial charge in [-0.05, 0) is 24.6 Å². The Labute approximate surface area is 132 Å². The quantitative estimate of drug-likeness (QED) is 0.725. The summed E-state index contributed by atoms with van der Waals surface area (Å²) < 4.78 is 10.9. The molecule has 7 heteroatoms. The summed E-state index contributed by atoms with van der Waals surface area (Å²) in [5.74, 6) is 0.838. The first-order valence-electron chi connectivity index (χ1n) is 6.81. The predicted molar refractivity (Wildman–Crippen MR) is 83.5 cm³/mol. The molecule has 0 saturated heterocycles. The molecule has 1 heterocycles. The highest BCUT2D eigenvalue weighted by Crippen LogP contribution is 2.28. The largest absolute Gasteiger partial charge is 0.493 e. The van der Waals surface area contributed by atoms with Gasteiger partial charge in [0.2, 0.25) is 0 Å². The molecule has 1 aromatic carbocycles. The number of aromatic nitrogens is 1. The molecule has 1 aromatic heterocycles. The molecular weight excluding hydrogens is 304 g/mol. The first kappa shape index (κ1) is 16.3. The maximum Gasteiger partial charge on any atom is 0.251 e. The van der Waals surface area contributed by atoms with Crippen LogP contribution in [-0.2, 0) is 6.61 Å². The zero-order chi connectivity index (χ0) is 15.8. The van der Waals surface area contributed by atoms with Gasteiger partial charge in [-0.15, -0.1) is 11.3 Å². The molecule has 22 heavy (non-hydrogen) atoms. The van der Waals surface area contributed by atoms with E-state index in [0.29, 0.717) is 36.6 Å². The van der Waals surface area contributed by atoms with Crippen molar-refractivity contribution in [2.75, 3.05) is 20.3 Å². The molecule has 0 bridgehead atoms. The number of aliphatic hydroxyl groups excluding tert-OH is 1. The molecule has 6 nitrogen and oxygen atoms in total. The smallest absolute Gasteiger partial charge is 0.251 e. The van der Waals surface area contributed by atoms with E-state index in [4.69, 9.17) is 14.6 Å². The minimum atomic E-state index is -0.210. The third kappa shape index (κ3) is 4.44. The standard InChI is InChI=1S/C15H18N2O4S/c1-20-14-7-11(15(19)16-5-2-6-18)3-4-13(14)21-8-12-9-22-10-17-12/h3-4,7,9-10,18H,2,5-6,8H2,1H3,(H,16,19). The third-order valence-electron chi connectivity index (χ3n) is 2.91. The molecule has 0 fully saturated rings. The van der Waals surface area contributed by atoms with E-state index in [1.54, 1.807) is 23.7 Å². The molecular formula is C15H18N2O4S. The maximum atomic E-state index is 11.9. The molecule has 0 aliphatic carbocycles. The highest BCUT2D eigenvalue weighted by molar-refractivity contribution is 7.07. The molecule has 0 radical (unpaired) electrons. The van der Waals surface area contributed by atoms with E-state index in [0.717, 1.165) is 5.69 Å². The van der Waals surface area contributed by atoms with E-state index in [1.165, 1.54) is 18.4 Å². The first-order valence-corrected chi connectivity index (χ1v) is 7.76. The molecule has 0 spiro atoms. The van der Waals surface area contributed by atoms with Crippen LogP contribution in [-0.4, -0.2) is 36.3 Å². The summed E-state index contributed by atoms with van der Waals surface area (Å²) >= 11 is 1.51. The van der Waals surface area contributed by atoms with E-state index in [-0.39, 0.29) is 12.5 Å². The fourth-order valence-electron chi connectivity index (χ4n) is 1.77. The zero-order valence-electron chi connectivity index (χ0n) is 12.2. The average molecular weight is 322 g/mol. The Morgan fingerprint density at radius 1 is 1.41 bits per heavy atom. The second kappa shape index (κ2) is 8.35. The number of hydrogen-bond donors (Lipinski definition) is 2. The van der Waals surface area contributed by atoms with Crippen LogP contribution in [0.2, 0.25) is 0 Å². The monoisotopic (exact) mass is 322 g/mol. The normalized spacial score (nSPS) is 10.3. The highest BCUT2D eigenvalue weighted by atomic mass is 32.1. The van der Waals surface area contributed by atoms with Gasteiger partial charge in [0, 0.05) is 24.1 Å². The van der Waals surface area contributed by atoms with Gasteiger partial charge in [-0.2, -0.15) is 0 Å². The minimum Gasteiger partial charge on any atom is -0.493 e. The second-order valence-electron chi connectivity index (χ2n) is 4.47. The topological polar surface area (TPSA) is 80.7 Å². The van der Waals surface area contributed by atoms with Gasteiger partial charge in [0.15, 0.2) is 11.5 Å². The van der Waals surface area contributed by atoms with Crippen molar-refractivity contribution >= 4 is 17.2 Å². The number of rotatable bonds is 8.